The van der Waals surface area contributed by atoms with Crippen molar-refractivity contribution in [3.05, 3.63) is 16.6 Å². The van der Waals surface area contributed by atoms with Crippen LogP contribution in [0.5, 0.6) is 6.01 Å². The zero-order valence-electron chi connectivity index (χ0n) is 17.5. The van der Waals surface area contributed by atoms with Crippen LogP contribution < -0.4 is 61.0 Å². The molecule has 0 atom stereocenters. The molecule has 2 aliphatic heterocycles. The van der Waals surface area contributed by atoms with E-state index in [2.05, 4.69) is 33.9 Å². The van der Waals surface area contributed by atoms with E-state index in [0.29, 0.717) is 19.2 Å². The number of ether oxygens (including phenoxy) is 1. The quantitative estimate of drug-likeness (QED) is 0.563. The number of anilines is 1. The van der Waals surface area contributed by atoms with Gasteiger partial charge in [0.25, 0.3) is 0 Å². The van der Waals surface area contributed by atoms with Gasteiger partial charge < -0.3 is 15.0 Å². The van der Waals surface area contributed by atoms with E-state index in [9.17, 15) is 0 Å². The normalized spacial score (nSPS) is 17.1. The molecule has 0 amide bonds. The summed E-state index contributed by atoms with van der Waals surface area (Å²) in [6.45, 7) is 12.1. The van der Waals surface area contributed by atoms with Crippen LogP contribution in [0.25, 0.3) is 5.32 Å². The third-order valence-corrected chi connectivity index (χ3v) is 5.21. The predicted molar refractivity (Wildman–Crippen MR) is 106 cm³/mol. The molecule has 0 unspecified atom stereocenters. The molecule has 0 N–H and O–H groups in total. The summed E-state index contributed by atoms with van der Waals surface area (Å²) in [4.78, 5) is 14.4. The number of nitrogens with zero attached hydrogens (tertiary/aromatic N) is 5. The summed E-state index contributed by atoms with van der Waals surface area (Å²) in [6, 6.07) is 0.532. The average molecular weight is 400 g/mol. The van der Waals surface area contributed by atoms with Gasteiger partial charge in [-0.2, -0.15) is 4.98 Å². The summed E-state index contributed by atoms with van der Waals surface area (Å²) in [5.41, 5.74) is 2.34. The molecule has 1 aromatic heterocycles. The number of rotatable bonds is 9. The molecule has 146 valence electrons. The van der Waals surface area contributed by atoms with Crippen LogP contribution in [0.1, 0.15) is 57.2 Å². The molecule has 1 fully saturated rings. The van der Waals surface area contributed by atoms with Gasteiger partial charge in [-0.1, -0.05) is 20.3 Å². The van der Waals surface area contributed by atoms with Crippen molar-refractivity contribution in [2.24, 2.45) is 0 Å². The summed E-state index contributed by atoms with van der Waals surface area (Å²) in [5, 5.41) is 4.53. The zero-order valence-corrected chi connectivity index (χ0v) is 20.7. The molecule has 6 nitrogen and oxygen atoms in total. The van der Waals surface area contributed by atoms with Crippen molar-refractivity contribution in [2.75, 3.05) is 50.8 Å². The van der Waals surface area contributed by atoms with E-state index in [1.807, 2.05) is 0 Å². The largest absolute Gasteiger partial charge is 1.00 e. The second kappa shape index (κ2) is 12.7. The second-order valence-corrected chi connectivity index (χ2v) is 7.35. The average Bonchev–Trinajstić information content (AvgIpc) is 2.68. The van der Waals surface area contributed by atoms with Gasteiger partial charge in [0.2, 0.25) is 0 Å². The van der Waals surface area contributed by atoms with E-state index in [-0.39, 0.29) is 51.4 Å². The van der Waals surface area contributed by atoms with E-state index in [4.69, 9.17) is 9.72 Å². The molecule has 0 spiro atoms. The first-order valence-corrected chi connectivity index (χ1v) is 10.4. The Morgan fingerprint density at radius 2 is 1.81 bits per heavy atom. The van der Waals surface area contributed by atoms with Crippen molar-refractivity contribution < 1.29 is 56.1 Å². The third kappa shape index (κ3) is 6.91. The molecule has 0 aromatic carbocycles. The van der Waals surface area contributed by atoms with Crippen LogP contribution in [0.15, 0.2) is 0 Å². The van der Waals surface area contributed by atoms with Crippen molar-refractivity contribution >= 4 is 5.82 Å². The van der Waals surface area contributed by atoms with Gasteiger partial charge in [-0.15, -0.1) is 13.1 Å². The van der Waals surface area contributed by atoms with E-state index in [1.165, 1.54) is 37.9 Å². The van der Waals surface area contributed by atoms with Gasteiger partial charge in [-0.25, -0.2) is 4.98 Å². The Kier molecular flexibility index (Phi) is 11.1. The summed E-state index contributed by atoms with van der Waals surface area (Å²) >= 11 is 0. The first-order valence-electron chi connectivity index (χ1n) is 10.4. The van der Waals surface area contributed by atoms with E-state index < -0.39 is 0 Å². The molecular formula is C20H34KN5O. The van der Waals surface area contributed by atoms with Crippen LogP contribution in [0.2, 0.25) is 0 Å². The molecule has 3 heterocycles. The van der Waals surface area contributed by atoms with Gasteiger partial charge in [0.15, 0.2) is 0 Å². The van der Waals surface area contributed by atoms with Crippen molar-refractivity contribution in [2.45, 2.75) is 58.9 Å². The molecule has 7 heteroatoms. The Morgan fingerprint density at radius 3 is 2.52 bits per heavy atom. The van der Waals surface area contributed by atoms with Crippen LogP contribution >= 0.6 is 0 Å². The van der Waals surface area contributed by atoms with Crippen LogP contribution in [0.3, 0.4) is 0 Å². The molecule has 1 saturated heterocycles. The minimum atomic E-state index is 0. The second-order valence-electron chi connectivity index (χ2n) is 7.35. The van der Waals surface area contributed by atoms with Gasteiger partial charge in [-0.05, 0) is 45.2 Å². The maximum atomic E-state index is 5.99. The van der Waals surface area contributed by atoms with Gasteiger partial charge in [-0.3, -0.25) is 4.90 Å². The molecule has 0 radical (unpaired) electrons. The minimum Gasteiger partial charge on any atom is -0.657 e. The summed E-state index contributed by atoms with van der Waals surface area (Å²) in [6.07, 6.45) is 7.17. The van der Waals surface area contributed by atoms with Crippen LogP contribution in [-0.2, 0) is 13.0 Å². The standard InChI is InChI=1S/C20H34N5O.K/c1-3-10-25(11-4-2)19-17-8-9-21-16-18(17)22-20(23-19)26-15-14-24-12-6-5-7-13-24;/h3-16H2,1-2H3;/q-1;+1. The molecule has 27 heavy (non-hydrogen) atoms. The number of hydrogen-bond donors (Lipinski definition) is 0. The monoisotopic (exact) mass is 399 g/mol. The molecule has 0 bridgehead atoms. The van der Waals surface area contributed by atoms with Crippen molar-refractivity contribution in [1.29, 1.82) is 0 Å². The number of fused-ring (bicyclic) bond motifs is 1. The van der Waals surface area contributed by atoms with Crippen molar-refractivity contribution in [3.63, 3.8) is 0 Å². The zero-order chi connectivity index (χ0) is 18.2. The molecule has 2 aliphatic rings. The summed E-state index contributed by atoms with van der Waals surface area (Å²) in [7, 11) is 0. The molecule has 0 aliphatic carbocycles. The van der Waals surface area contributed by atoms with Crippen molar-refractivity contribution in [3.8, 4) is 6.01 Å². The van der Waals surface area contributed by atoms with E-state index >= 15 is 0 Å². The van der Waals surface area contributed by atoms with Gasteiger partial charge in [0.1, 0.15) is 12.4 Å². The van der Waals surface area contributed by atoms with Crippen LogP contribution in [-0.4, -0.2) is 60.7 Å². The fourth-order valence-electron chi connectivity index (χ4n) is 3.90. The number of aromatic nitrogens is 2. The van der Waals surface area contributed by atoms with Crippen LogP contribution in [0.4, 0.5) is 5.82 Å². The Balaban J connectivity index is 0.00000261. The Bertz CT molecular complexity index is 560. The van der Waals surface area contributed by atoms with Gasteiger partial charge >= 0.3 is 57.4 Å². The smallest absolute Gasteiger partial charge is 0.657 e. The van der Waals surface area contributed by atoms with Crippen LogP contribution in [0, 0.1) is 0 Å². The summed E-state index contributed by atoms with van der Waals surface area (Å²) in [5.74, 6) is 1.08. The Hall–Kier alpha value is 0.236. The first kappa shape index (κ1) is 23.5. The number of piperidine rings is 1. The maximum absolute atomic E-state index is 5.99. The maximum Gasteiger partial charge on any atom is 1.00 e. The van der Waals surface area contributed by atoms with E-state index in [1.54, 1.807) is 0 Å². The van der Waals surface area contributed by atoms with Crippen molar-refractivity contribution in [1.82, 2.24) is 14.9 Å². The molecule has 1 aromatic rings. The number of hydrogen-bond acceptors (Lipinski definition) is 5. The molecule has 3 rings (SSSR count). The van der Waals surface area contributed by atoms with Gasteiger partial charge in [0.05, 0.1) is 0 Å². The molecule has 0 saturated carbocycles. The van der Waals surface area contributed by atoms with Gasteiger partial charge in [0, 0.05) is 30.9 Å². The predicted octanol–water partition coefficient (Wildman–Crippen LogP) is 0.402. The third-order valence-electron chi connectivity index (χ3n) is 5.21. The summed E-state index contributed by atoms with van der Waals surface area (Å²) < 4.78 is 5.99. The number of likely N-dealkylation sites (tertiary alicyclic amines) is 1. The SMILES string of the molecule is CCCN(CCC)c1nc(OCCN2CCCCC2)nc2c1CC[N-]C2.[K+]. The minimum absolute atomic E-state index is 0. The first-order chi connectivity index (χ1) is 12.8. The van der Waals surface area contributed by atoms with E-state index in [0.717, 1.165) is 57.0 Å². The Morgan fingerprint density at radius 1 is 1.07 bits per heavy atom. The fraction of sp³-hybridized carbons (Fsp3) is 0.800. The topological polar surface area (TPSA) is 55.6 Å². The fourth-order valence-corrected chi connectivity index (χ4v) is 3.90. The molecular weight excluding hydrogens is 365 g/mol. The Labute approximate surface area is 207 Å².